The maximum absolute atomic E-state index is 4.45. The smallest absolute Gasteiger partial charge is 0.243 e. The van der Waals surface area contributed by atoms with Gasteiger partial charge >= 0.3 is 0 Å². The molecule has 0 unspecified atom stereocenters. The van der Waals surface area contributed by atoms with Crippen LogP contribution >= 0.6 is 11.3 Å². The average molecular weight is 272 g/mol. The van der Waals surface area contributed by atoms with Crippen LogP contribution in [0.4, 0.5) is 5.95 Å². The minimum atomic E-state index is 0.682. The Balaban J connectivity index is 1.78. The lowest BCUT2D eigenvalue weighted by Gasteiger charge is -2.01. The van der Waals surface area contributed by atoms with Crippen LogP contribution in [0.5, 0.6) is 0 Å². The van der Waals surface area contributed by atoms with Crippen molar-refractivity contribution in [1.82, 2.24) is 14.6 Å². The third kappa shape index (κ3) is 2.46. The first-order valence-electron chi connectivity index (χ1n) is 6.38. The van der Waals surface area contributed by atoms with Crippen molar-refractivity contribution in [3.05, 3.63) is 45.8 Å². The predicted molar refractivity (Wildman–Crippen MR) is 78.7 cm³/mol. The molecule has 0 bridgehead atoms. The van der Waals surface area contributed by atoms with Gasteiger partial charge < -0.3 is 5.32 Å². The highest BCUT2D eigenvalue weighted by atomic mass is 32.1. The Morgan fingerprint density at radius 1 is 1.32 bits per heavy atom. The van der Waals surface area contributed by atoms with Crippen molar-refractivity contribution in [2.75, 3.05) is 5.32 Å². The van der Waals surface area contributed by atoms with Gasteiger partial charge in [0.05, 0.1) is 6.54 Å². The van der Waals surface area contributed by atoms with Crippen LogP contribution in [0.15, 0.2) is 29.8 Å². The molecule has 0 radical (unpaired) electrons. The van der Waals surface area contributed by atoms with E-state index in [1.54, 1.807) is 11.3 Å². The highest BCUT2D eigenvalue weighted by Gasteiger charge is 2.06. The molecule has 0 aromatic carbocycles. The molecule has 98 valence electrons. The van der Waals surface area contributed by atoms with E-state index in [1.165, 1.54) is 16.0 Å². The van der Waals surface area contributed by atoms with Gasteiger partial charge in [0.25, 0.3) is 0 Å². The maximum Gasteiger partial charge on any atom is 0.243 e. The van der Waals surface area contributed by atoms with E-state index in [4.69, 9.17) is 0 Å². The number of pyridine rings is 1. The Morgan fingerprint density at radius 2 is 2.21 bits per heavy atom. The molecule has 3 rings (SSSR count). The van der Waals surface area contributed by atoms with Gasteiger partial charge in [-0.25, -0.2) is 4.52 Å². The Labute approximate surface area is 116 Å². The average Bonchev–Trinajstić information content (AvgIpc) is 3.01. The first-order valence-corrected chi connectivity index (χ1v) is 7.26. The van der Waals surface area contributed by atoms with Crippen LogP contribution in [-0.2, 0) is 13.0 Å². The molecule has 0 aliphatic heterocycles. The lowest BCUT2D eigenvalue weighted by atomic mass is 10.2. The van der Waals surface area contributed by atoms with Gasteiger partial charge in [-0.2, -0.15) is 4.98 Å². The Bertz CT molecular complexity index is 698. The monoisotopic (exact) mass is 272 g/mol. The quantitative estimate of drug-likeness (QED) is 0.792. The Kier molecular flexibility index (Phi) is 3.21. The van der Waals surface area contributed by atoms with Crippen LogP contribution in [0.3, 0.4) is 0 Å². The van der Waals surface area contributed by atoms with Crippen molar-refractivity contribution in [3.63, 3.8) is 0 Å². The SMILES string of the molecule is CCc1ccsc1CNc1nc2ccc(C)cn2n1. The standard InChI is InChI=1S/C14H16N4S/c1-3-11-6-7-19-12(11)8-15-14-16-13-5-4-10(2)9-18(13)17-14/h4-7,9H,3,8H2,1-2H3,(H,15,17). The first kappa shape index (κ1) is 12.2. The summed E-state index contributed by atoms with van der Waals surface area (Å²) in [6, 6.07) is 6.21. The van der Waals surface area contributed by atoms with E-state index in [0.29, 0.717) is 5.95 Å². The van der Waals surface area contributed by atoms with Crippen LogP contribution in [0, 0.1) is 6.92 Å². The molecule has 3 aromatic rings. The van der Waals surface area contributed by atoms with Gasteiger partial charge in [-0.05, 0) is 42.0 Å². The number of nitrogens with zero attached hydrogens (tertiary/aromatic N) is 3. The lowest BCUT2D eigenvalue weighted by Crippen LogP contribution is -2.01. The molecule has 1 N–H and O–H groups in total. The number of rotatable bonds is 4. The molecule has 5 heteroatoms. The molecule has 0 saturated heterocycles. The minimum absolute atomic E-state index is 0.682. The van der Waals surface area contributed by atoms with Crippen molar-refractivity contribution in [2.24, 2.45) is 0 Å². The zero-order valence-corrected chi connectivity index (χ0v) is 11.9. The van der Waals surface area contributed by atoms with Crippen LogP contribution in [-0.4, -0.2) is 14.6 Å². The van der Waals surface area contributed by atoms with E-state index in [1.807, 2.05) is 29.8 Å². The van der Waals surface area contributed by atoms with Crippen molar-refractivity contribution in [3.8, 4) is 0 Å². The summed E-state index contributed by atoms with van der Waals surface area (Å²) in [6.07, 6.45) is 3.05. The summed E-state index contributed by atoms with van der Waals surface area (Å²) in [5, 5.41) is 9.86. The molecule has 19 heavy (non-hydrogen) atoms. The minimum Gasteiger partial charge on any atom is -0.348 e. The van der Waals surface area contributed by atoms with Gasteiger partial charge in [-0.3, -0.25) is 0 Å². The molecular weight excluding hydrogens is 256 g/mol. The number of fused-ring (bicyclic) bond motifs is 1. The summed E-state index contributed by atoms with van der Waals surface area (Å²) < 4.78 is 1.81. The van der Waals surface area contributed by atoms with Crippen LogP contribution < -0.4 is 5.32 Å². The number of aromatic nitrogens is 3. The fourth-order valence-corrected chi connectivity index (χ4v) is 2.97. The molecule has 0 aliphatic rings. The molecule has 0 fully saturated rings. The van der Waals surface area contributed by atoms with Gasteiger partial charge in [-0.1, -0.05) is 13.0 Å². The summed E-state index contributed by atoms with van der Waals surface area (Å²) in [6.45, 7) is 5.02. The van der Waals surface area contributed by atoms with E-state index in [2.05, 4.69) is 33.8 Å². The highest BCUT2D eigenvalue weighted by molar-refractivity contribution is 7.10. The molecule has 0 aliphatic carbocycles. The maximum atomic E-state index is 4.45. The number of aryl methyl sites for hydroxylation is 2. The van der Waals surface area contributed by atoms with Gasteiger partial charge in [0.2, 0.25) is 5.95 Å². The van der Waals surface area contributed by atoms with Gasteiger partial charge in [0.1, 0.15) is 0 Å². The van der Waals surface area contributed by atoms with Crippen molar-refractivity contribution in [1.29, 1.82) is 0 Å². The molecule has 0 spiro atoms. The topological polar surface area (TPSA) is 42.2 Å². The number of hydrogen-bond donors (Lipinski definition) is 1. The highest BCUT2D eigenvalue weighted by Crippen LogP contribution is 2.18. The van der Waals surface area contributed by atoms with E-state index in [0.717, 1.165) is 18.6 Å². The Hall–Kier alpha value is -1.88. The summed E-state index contributed by atoms with van der Waals surface area (Å²) in [5.41, 5.74) is 3.45. The second-order valence-corrected chi connectivity index (χ2v) is 5.52. The summed E-state index contributed by atoms with van der Waals surface area (Å²) in [5.74, 6) is 0.682. The molecule has 4 nitrogen and oxygen atoms in total. The number of nitrogens with one attached hydrogen (secondary N) is 1. The third-order valence-corrected chi connectivity index (χ3v) is 4.07. The van der Waals surface area contributed by atoms with Crippen molar-refractivity contribution >= 4 is 22.9 Å². The molecule has 0 amide bonds. The Morgan fingerprint density at radius 3 is 3.05 bits per heavy atom. The molecule has 3 heterocycles. The van der Waals surface area contributed by atoms with Gasteiger partial charge in [0, 0.05) is 11.1 Å². The van der Waals surface area contributed by atoms with Crippen molar-refractivity contribution < 1.29 is 0 Å². The second kappa shape index (κ2) is 5.01. The fraction of sp³-hybridized carbons (Fsp3) is 0.286. The predicted octanol–water partition coefficient (Wildman–Crippen LogP) is 3.27. The molecule has 3 aromatic heterocycles. The number of anilines is 1. The second-order valence-electron chi connectivity index (χ2n) is 4.52. The first-order chi connectivity index (χ1) is 9.26. The van der Waals surface area contributed by atoms with E-state index in [-0.39, 0.29) is 0 Å². The summed E-state index contributed by atoms with van der Waals surface area (Å²) in [7, 11) is 0. The number of thiophene rings is 1. The van der Waals surface area contributed by atoms with E-state index >= 15 is 0 Å². The zero-order valence-electron chi connectivity index (χ0n) is 11.1. The van der Waals surface area contributed by atoms with E-state index < -0.39 is 0 Å². The van der Waals surface area contributed by atoms with Crippen molar-refractivity contribution in [2.45, 2.75) is 26.8 Å². The van der Waals surface area contributed by atoms with Crippen LogP contribution in [0.1, 0.15) is 22.9 Å². The molecule has 0 atom stereocenters. The van der Waals surface area contributed by atoms with Crippen LogP contribution in [0.25, 0.3) is 5.65 Å². The van der Waals surface area contributed by atoms with Crippen LogP contribution in [0.2, 0.25) is 0 Å². The normalized spacial score (nSPS) is 11.1. The number of hydrogen-bond acceptors (Lipinski definition) is 4. The molecule has 0 saturated carbocycles. The lowest BCUT2D eigenvalue weighted by molar-refractivity contribution is 0.942. The summed E-state index contributed by atoms with van der Waals surface area (Å²) in [4.78, 5) is 5.81. The fourth-order valence-electron chi connectivity index (χ4n) is 2.06. The summed E-state index contributed by atoms with van der Waals surface area (Å²) >= 11 is 1.78. The molecular formula is C14H16N4S. The zero-order chi connectivity index (χ0) is 13.2. The van der Waals surface area contributed by atoms with Gasteiger partial charge in [-0.15, -0.1) is 16.4 Å². The van der Waals surface area contributed by atoms with Gasteiger partial charge in [0.15, 0.2) is 5.65 Å². The largest absolute Gasteiger partial charge is 0.348 e. The van der Waals surface area contributed by atoms with E-state index in [9.17, 15) is 0 Å². The third-order valence-electron chi connectivity index (χ3n) is 3.10.